The van der Waals surface area contributed by atoms with Crippen LogP contribution in [0.4, 0.5) is 5.69 Å². The van der Waals surface area contributed by atoms with Crippen LogP contribution in [-0.2, 0) is 10.0 Å². The lowest BCUT2D eigenvalue weighted by molar-refractivity contribution is 0.336. The number of para-hydroxylation sites is 1. The maximum absolute atomic E-state index is 12.6. The van der Waals surface area contributed by atoms with Gasteiger partial charge >= 0.3 is 0 Å². The number of hydrogen-bond donors (Lipinski definition) is 1. The summed E-state index contributed by atoms with van der Waals surface area (Å²) in [6.45, 7) is 0. The molecule has 0 saturated heterocycles. The molecule has 0 aliphatic heterocycles. The highest BCUT2D eigenvalue weighted by Crippen LogP contribution is 2.27. The summed E-state index contributed by atoms with van der Waals surface area (Å²) in [6.07, 6.45) is 6.52. The van der Waals surface area contributed by atoms with Gasteiger partial charge in [-0.05, 0) is 25.0 Å². The topological polar surface area (TPSA) is 63.4 Å². The molecule has 106 valence electrons. The van der Waals surface area contributed by atoms with Crippen molar-refractivity contribution in [1.82, 2.24) is 4.31 Å². The van der Waals surface area contributed by atoms with Gasteiger partial charge in [-0.25, -0.2) is 8.42 Å². The minimum atomic E-state index is -3.48. The molecule has 0 atom stereocenters. The van der Waals surface area contributed by atoms with Gasteiger partial charge < -0.3 is 5.73 Å². The zero-order chi connectivity index (χ0) is 13.9. The molecule has 2 N–H and O–H groups in total. The van der Waals surface area contributed by atoms with Gasteiger partial charge in [0.25, 0.3) is 0 Å². The first-order valence-corrected chi connectivity index (χ1v) is 8.30. The van der Waals surface area contributed by atoms with Gasteiger partial charge in [0.2, 0.25) is 10.0 Å². The van der Waals surface area contributed by atoms with Crippen molar-refractivity contribution in [3.8, 4) is 0 Å². The lowest BCUT2D eigenvalue weighted by Gasteiger charge is -2.26. The summed E-state index contributed by atoms with van der Waals surface area (Å²) in [5.74, 6) is 0. The minimum Gasteiger partial charge on any atom is -0.398 e. The third-order valence-corrected chi connectivity index (χ3v) is 5.90. The Morgan fingerprint density at radius 3 is 2.26 bits per heavy atom. The Bertz CT molecular complexity index is 520. The van der Waals surface area contributed by atoms with Crippen LogP contribution in [0.2, 0.25) is 0 Å². The average Bonchev–Trinajstić information content (AvgIpc) is 2.67. The van der Waals surface area contributed by atoms with E-state index in [-0.39, 0.29) is 10.9 Å². The molecule has 4 nitrogen and oxygen atoms in total. The summed E-state index contributed by atoms with van der Waals surface area (Å²) in [7, 11) is -1.80. The maximum atomic E-state index is 12.6. The molecule has 0 radical (unpaired) electrons. The van der Waals surface area contributed by atoms with Gasteiger partial charge in [0, 0.05) is 13.1 Å². The second kappa shape index (κ2) is 5.92. The van der Waals surface area contributed by atoms with Crippen LogP contribution in [0, 0.1) is 0 Å². The summed E-state index contributed by atoms with van der Waals surface area (Å²) in [6, 6.07) is 6.78. The van der Waals surface area contributed by atoms with Gasteiger partial charge in [0.1, 0.15) is 4.90 Å². The van der Waals surface area contributed by atoms with E-state index in [1.54, 1.807) is 31.3 Å². The molecule has 0 spiro atoms. The lowest BCUT2D eigenvalue weighted by Crippen LogP contribution is -2.37. The second-order valence-corrected chi connectivity index (χ2v) is 7.17. The number of benzene rings is 1. The van der Waals surface area contributed by atoms with Crippen molar-refractivity contribution in [2.75, 3.05) is 12.8 Å². The normalized spacial score (nSPS) is 18.4. The zero-order valence-corrected chi connectivity index (χ0v) is 12.2. The predicted octanol–water partition coefficient (Wildman–Crippen LogP) is 2.61. The highest BCUT2D eigenvalue weighted by Gasteiger charge is 2.29. The molecule has 1 aliphatic rings. The summed E-state index contributed by atoms with van der Waals surface area (Å²) in [5, 5.41) is 0. The average molecular weight is 282 g/mol. The number of nitrogens with zero attached hydrogens (tertiary/aromatic N) is 1. The first-order chi connectivity index (χ1) is 9.03. The van der Waals surface area contributed by atoms with Crippen LogP contribution in [0.5, 0.6) is 0 Å². The van der Waals surface area contributed by atoms with Crippen LogP contribution in [0.1, 0.15) is 38.5 Å². The Labute approximate surface area is 115 Å². The molecular formula is C14H22N2O2S. The molecule has 0 heterocycles. The summed E-state index contributed by atoms with van der Waals surface area (Å²) in [5.41, 5.74) is 6.12. The van der Waals surface area contributed by atoms with Crippen molar-refractivity contribution in [1.29, 1.82) is 0 Å². The van der Waals surface area contributed by atoms with Crippen LogP contribution in [0.15, 0.2) is 29.2 Å². The fourth-order valence-corrected chi connectivity index (χ4v) is 4.22. The third-order valence-electron chi connectivity index (χ3n) is 3.91. The fraction of sp³-hybridized carbons (Fsp3) is 0.571. The summed E-state index contributed by atoms with van der Waals surface area (Å²) < 4.78 is 26.7. The van der Waals surface area contributed by atoms with Crippen LogP contribution >= 0.6 is 0 Å². The molecule has 5 heteroatoms. The quantitative estimate of drug-likeness (QED) is 0.684. The Hall–Kier alpha value is -1.07. The molecule has 0 aromatic heterocycles. The molecule has 0 bridgehead atoms. The summed E-state index contributed by atoms with van der Waals surface area (Å²) in [4.78, 5) is 0.224. The zero-order valence-electron chi connectivity index (χ0n) is 11.4. The van der Waals surface area contributed by atoms with E-state index in [1.165, 1.54) is 17.1 Å². The van der Waals surface area contributed by atoms with Gasteiger partial charge in [0.15, 0.2) is 0 Å². The van der Waals surface area contributed by atoms with Crippen molar-refractivity contribution in [3.05, 3.63) is 24.3 Å². The van der Waals surface area contributed by atoms with Gasteiger partial charge in [-0.1, -0.05) is 37.8 Å². The van der Waals surface area contributed by atoms with Crippen molar-refractivity contribution in [2.24, 2.45) is 0 Å². The first-order valence-electron chi connectivity index (χ1n) is 6.86. The van der Waals surface area contributed by atoms with E-state index in [4.69, 9.17) is 5.73 Å². The standard InChI is InChI=1S/C14H22N2O2S/c1-16(12-8-4-2-3-5-9-12)19(17,18)14-11-7-6-10-13(14)15/h6-7,10-12H,2-5,8-9,15H2,1H3. The Morgan fingerprint density at radius 1 is 1.11 bits per heavy atom. The molecule has 0 amide bonds. The predicted molar refractivity (Wildman–Crippen MR) is 77.3 cm³/mol. The molecule has 1 fully saturated rings. The van der Waals surface area contributed by atoms with E-state index in [2.05, 4.69) is 0 Å². The maximum Gasteiger partial charge on any atom is 0.245 e. The van der Waals surface area contributed by atoms with Crippen molar-refractivity contribution < 1.29 is 8.42 Å². The van der Waals surface area contributed by atoms with Crippen molar-refractivity contribution >= 4 is 15.7 Å². The van der Waals surface area contributed by atoms with E-state index in [0.717, 1.165) is 25.7 Å². The van der Waals surface area contributed by atoms with E-state index in [1.807, 2.05) is 0 Å². The van der Waals surface area contributed by atoms with E-state index >= 15 is 0 Å². The number of hydrogen-bond acceptors (Lipinski definition) is 3. The largest absolute Gasteiger partial charge is 0.398 e. The van der Waals surface area contributed by atoms with Crippen LogP contribution in [0.25, 0.3) is 0 Å². The van der Waals surface area contributed by atoms with Gasteiger partial charge in [0.05, 0.1) is 5.69 Å². The molecule has 1 aromatic rings. The molecule has 0 unspecified atom stereocenters. The van der Waals surface area contributed by atoms with Crippen LogP contribution < -0.4 is 5.73 Å². The van der Waals surface area contributed by atoms with E-state index in [0.29, 0.717) is 5.69 Å². The van der Waals surface area contributed by atoms with Crippen LogP contribution in [0.3, 0.4) is 0 Å². The van der Waals surface area contributed by atoms with Crippen molar-refractivity contribution in [3.63, 3.8) is 0 Å². The van der Waals surface area contributed by atoms with E-state index < -0.39 is 10.0 Å². The summed E-state index contributed by atoms with van der Waals surface area (Å²) >= 11 is 0. The first kappa shape index (κ1) is 14.3. The minimum absolute atomic E-state index is 0.104. The highest BCUT2D eigenvalue weighted by molar-refractivity contribution is 7.89. The smallest absolute Gasteiger partial charge is 0.245 e. The molecule has 19 heavy (non-hydrogen) atoms. The Balaban J connectivity index is 2.26. The number of nitrogens with two attached hydrogens (primary N) is 1. The second-order valence-electron chi connectivity index (χ2n) is 5.20. The van der Waals surface area contributed by atoms with Gasteiger partial charge in [-0.3, -0.25) is 0 Å². The number of nitrogen functional groups attached to an aromatic ring is 1. The lowest BCUT2D eigenvalue weighted by atomic mass is 10.1. The van der Waals surface area contributed by atoms with Crippen molar-refractivity contribution in [2.45, 2.75) is 49.5 Å². The number of rotatable bonds is 3. The molecule has 1 aromatic carbocycles. The Morgan fingerprint density at radius 2 is 1.68 bits per heavy atom. The van der Waals surface area contributed by atoms with Gasteiger partial charge in [-0.15, -0.1) is 0 Å². The monoisotopic (exact) mass is 282 g/mol. The molecule has 1 saturated carbocycles. The fourth-order valence-electron chi connectivity index (χ4n) is 2.69. The van der Waals surface area contributed by atoms with E-state index in [9.17, 15) is 8.42 Å². The van der Waals surface area contributed by atoms with Crippen LogP contribution in [-0.4, -0.2) is 25.8 Å². The van der Waals surface area contributed by atoms with Gasteiger partial charge in [-0.2, -0.15) is 4.31 Å². The highest BCUT2D eigenvalue weighted by atomic mass is 32.2. The molecular weight excluding hydrogens is 260 g/mol. The third kappa shape index (κ3) is 3.09. The molecule has 2 rings (SSSR count). The Kier molecular flexibility index (Phi) is 4.47. The number of anilines is 1. The molecule has 1 aliphatic carbocycles. The number of sulfonamides is 1. The SMILES string of the molecule is CN(C1CCCCCC1)S(=O)(=O)c1ccccc1N.